The van der Waals surface area contributed by atoms with Gasteiger partial charge < -0.3 is 0 Å². The van der Waals surface area contributed by atoms with E-state index in [0.29, 0.717) is 16.1 Å². The maximum atomic E-state index is 11.3. The highest BCUT2D eigenvalue weighted by molar-refractivity contribution is 6.30. The van der Waals surface area contributed by atoms with Gasteiger partial charge in [0.25, 0.3) is 5.56 Å². The Kier molecular flexibility index (Phi) is 2.23. The van der Waals surface area contributed by atoms with Crippen molar-refractivity contribution in [3.05, 3.63) is 51.8 Å². The molecule has 0 amide bonds. The number of fused-ring (bicyclic) bond motifs is 1. The average Bonchev–Trinajstić information content (AvgIpc) is 2.72. The van der Waals surface area contributed by atoms with Crippen molar-refractivity contribution in [2.24, 2.45) is 0 Å². The highest BCUT2D eigenvalue weighted by Gasteiger charge is 2.04. The summed E-state index contributed by atoms with van der Waals surface area (Å²) in [5.74, 6) is 0. The van der Waals surface area contributed by atoms with Crippen LogP contribution in [0.25, 0.3) is 22.3 Å². The molecule has 0 saturated carbocycles. The number of nitrogens with one attached hydrogen (secondary N) is 2. The molecule has 2 heterocycles. The van der Waals surface area contributed by atoms with Crippen LogP contribution in [0.3, 0.4) is 0 Å². The summed E-state index contributed by atoms with van der Waals surface area (Å²) in [7, 11) is 0. The number of benzene rings is 1. The number of hydrogen-bond donors (Lipinski definition) is 2. The lowest BCUT2D eigenvalue weighted by Gasteiger charge is -2.00. The van der Waals surface area contributed by atoms with E-state index in [1.165, 1.54) is 0 Å². The van der Waals surface area contributed by atoms with Gasteiger partial charge in [0.2, 0.25) is 0 Å². The van der Waals surface area contributed by atoms with Gasteiger partial charge in [-0.3, -0.25) is 15.0 Å². The molecule has 17 heavy (non-hydrogen) atoms. The number of nitrogens with zero attached hydrogens (tertiary/aromatic N) is 1. The fourth-order valence-corrected chi connectivity index (χ4v) is 1.83. The van der Waals surface area contributed by atoms with Gasteiger partial charge in [0.15, 0.2) is 5.65 Å². The van der Waals surface area contributed by atoms with E-state index in [0.717, 1.165) is 11.3 Å². The van der Waals surface area contributed by atoms with E-state index in [-0.39, 0.29) is 5.56 Å². The predicted molar refractivity (Wildman–Crippen MR) is 67.2 cm³/mol. The molecule has 3 aromatic rings. The Morgan fingerprint density at radius 3 is 2.53 bits per heavy atom. The molecule has 2 N–H and O–H groups in total. The zero-order chi connectivity index (χ0) is 11.8. The van der Waals surface area contributed by atoms with Crippen molar-refractivity contribution >= 4 is 22.6 Å². The smallest absolute Gasteiger partial charge is 0.273 e. The Bertz CT molecular complexity index is 727. The van der Waals surface area contributed by atoms with Crippen molar-refractivity contribution < 1.29 is 0 Å². The van der Waals surface area contributed by atoms with Crippen molar-refractivity contribution in [2.75, 3.05) is 0 Å². The van der Waals surface area contributed by atoms with Crippen molar-refractivity contribution in [3.8, 4) is 11.3 Å². The van der Waals surface area contributed by atoms with Crippen LogP contribution in [0.15, 0.2) is 41.2 Å². The van der Waals surface area contributed by atoms with E-state index in [9.17, 15) is 4.79 Å². The molecule has 0 aliphatic carbocycles. The monoisotopic (exact) mass is 245 g/mol. The van der Waals surface area contributed by atoms with E-state index in [1.807, 2.05) is 30.3 Å². The van der Waals surface area contributed by atoms with Crippen molar-refractivity contribution in [3.63, 3.8) is 0 Å². The van der Waals surface area contributed by atoms with Crippen molar-refractivity contribution in [1.29, 1.82) is 0 Å². The van der Waals surface area contributed by atoms with Crippen LogP contribution < -0.4 is 5.56 Å². The molecule has 0 saturated heterocycles. The number of hydrogen-bond acceptors (Lipinski definition) is 2. The van der Waals surface area contributed by atoms with Crippen LogP contribution in [-0.4, -0.2) is 15.2 Å². The first kappa shape index (κ1) is 10.1. The summed E-state index contributed by atoms with van der Waals surface area (Å²) in [6.45, 7) is 0. The fourth-order valence-electron chi connectivity index (χ4n) is 1.70. The second-order valence-electron chi connectivity index (χ2n) is 3.68. The summed E-state index contributed by atoms with van der Waals surface area (Å²) in [6.07, 6.45) is 0. The highest BCUT2D eigenvalue weighted by Crippen LogP contribution is 2.20. The Morgan fingerprint density at radius 2 is 1.76 bits per heavy atom. The third kappa shape index (κ3) is 1.72. The third-order valence-electron chi connectivity index (χ3n) is 2.57. The van der Waals surface area contributed by atoms with E-state index < -0.39 is 0 Å². The normalized spacial score (nSPS) is 10.9. The number of aromatic nitrogens is 3. The molecule has 0 fully saturated rings. The quantitative estimate of drug-likeness (QED) is 0.692. The van der Waals surface area contributed by atoms with Crippen LogP contribution in [0.2, 0.25) is 5.02 Å². The van der Waals surface area contributed by atoms with Crippen LogP contribution in [0.5, 0.6) is 0 Å². The van der Waals surface area contributed by atoms with Gasteiger partial charge in [-0.25, -0.2) is 4.98 Å². The molecule has 3 rings (SSSR count). The molecule has 0 radical (unpaired) electrons. The van der Waals surface area contributed by atoms with Crippen LogP contribution >= 0.6 is 11.6 Å². The minimum atomic E-state index is -0.157. The number of pyridine rings is 1. The molecular weight excluding hydrogens is 238 g/mol. The van der Waals surface area contributed by atoms with E-state index in [1.54, 1.807) is 6.07 Å². The van der Waals surface area contributed by atoms with Gasteiger partial charge in [0.1, 0.15) is 0 Å². The molecule has 0 aliphatic heterocycles. The first-order chi connectivity index (χ1) is 8.24. The molecule has 1 aromatic carbocycles. The van der Waals surface area contributed by atoms with Gasteiger partial charge in [0, 0.05) is 10.6 Å². The number of aromatic amines is 2. The standard InChI is InChI=1S/C12H8ClN3O/c13-8-3-1-7(2-4-8)10-6-5-9-11(14-10)15-16-12(9)17/h1-6H,(H2,14,15,16,17). The van der Waals surface area contributed by atoms with Crippen LogP contribution in [0.4, 0.5) is 0 Å². The number of halogens is 1. The average molecular weight is 246 g/mol. The molecule has 84 valence electrons. The second-order valence-corrected chi connectivity index (χ2v) is 4.12. The Balaban J connectivity index is 2.17. The molecule has 0 spiro atoms. The maximum absolute atomic E-state index is 11.3. The van der Waals surface area contributed by atoms with E-state index >= 15 is 0 Å². The predicted octanol–water partition coefficient (Wildman–Crippen LogP) is 2.57. The van der Waals surface area contributed by atoms with Gasteiger partial charge in [0.05, 0.1) is 11.1 Å². The van der Waals surface area contributed by atoms with Crippen LogP contribution in [-0.2, 0) is 0 Å². The second kappa shape index (κ2) is 3.75. The number of H-pyrrole nitrogens is 2. The zero-order valence-corrected chi connectivity index (χ0v) is 9.45. The van der Waals surface area contributed by atoms with Gasteiger partial charge in [-0.2, -0.15) is 0 Å². The molecule has 2 aromatic heterocycles. The summed E-state index contributed by atoms with van der Waals surface area (Å²) in [4.78, 5) is 15.7. The first-order valence-corrected chi connectivity index (χ1v) is 5.45. The van der Waals surface area contributed by atoms with E-state index in [4.69, 9.17) is 11.6 Å². The Morgan fingerprint density at radius 1 is 1.00 bits per heavy atom. The highest BCUT2D eigenvalue weighted by atomic mass is 35.5. The Labute approximate surface area is 101 Å². The lowest BCUT2D eigenvalue weighted by molar-refractivity contribution is 1.06. The van der Waals surface area contributed by atoms with Crippen molar-refractivity contribution in [2.45, 2.75) is 0 Å². The van der Waals surface area contributed by atoms with Crippen LogP contribution in [0, 0.1) is 0 Å². The minimum Gasteiger partial charge on any atom is -0.281 e. The van der Waals surface area contributed by atoms with Gasteiger partial charge in [-0.15, -0.1) is 0 Å². The topological polar surface area (TPSA) is 61.5 Å². The van der Waals surface area contributed by atoms with Gasteiger partial charge in [-0.1, -0.05) is 23.7 Å². The number of rotatable bonds is 1. The zero-order valence-electron chi connectivity index (χ0n) is 8.70. The maximum Gasteiger partial charge on any atom is 0.273 e. The van der Waals surface area contributed by atoms with Gasteiger partial charge >= 0.3 is 0 Å². The molecule has 0 bridgehead atoms. The fraction of sp³-hybridized carbons (Fsp3) is 0. The summed E-state index contributed by atoms with van der Waals surface area (Å²) in [5, 5.41) is 6.48. The van der Waals surface area contributed by atoms with E-state index in [2.05, 4.69) is 15.2 Å². The molecular formula is C12H8ClN3O. The van der Waals surface area contributed by atoms with Gasteiger partial charge in [-0.05, 0) is 24.3 Å². The summed E-state index contributed by atoms with van der Waals surface area (Å²) in [6, 6.07) is 11.0. The molecule has 0 aliphatic rings. The lowest BCUT2D eigenvalue weighted by Crippen LogP contribution is -1.97. The largest absolute Gasteiger partial charge is 0.281 e. The summed E-state index contributed by atoms with van der Waals surface area (Å²) < 4.78 is 0. The molecule has 4 nitrogen and oxygen atoms in total. The lowest BCUT2D eigenvalue weighted by atomic mass is 10.1. The minimum absolute atomic E-state index is 0.157. The summed E-state index contributed by atoms with van der Waals surface area (Å²) >= 11 is 5.82. The van der Waals surface area contributed by atoms with Crippen molar-refractivity contribution in [1.82, 2.24) is 15.2 Å². The Hall–Kier alpha value is -2.07. The first-order valence-electron chi connectivity index (χ1n) is 5.07. The molecule has 5 heteroatoms. The summed E-state index contributed by atoms with van der Waals surface area (Å²) in [5.41, 5.74) is 2.15. The third-order valence-corrected chi connectivity index (χ3v) is 2.83. The van der Waals surface area contributed by atoms with Crippen LogP contribution in [0.1, 0.15) is 0 Å². The molecule has 0 unspecified atom stereocenters. The SMILES string of the molecule is O=c1[nH][nH]c2nc(-c3ccc(Cl)cc3)ccc12. The molecule has 0 atom stereocenters.